The summed E-state index contributed by atoms with van der Waals surface area (Å²) in [4.78, 5) is 25.7. The second-order valence-corrected chi connectivity index (χ2v) is 13.8. The van der Waals surface area contributed by atoms with Crippen LogP contribution in [0.2, 0.25) is 5.02 Å². The van der Waals surface area contributed by atoms with Crippen LogP contribution in [-0.4, -0.2) is 58.3 Å². The second-order valence-electron chi connectivity index (χ2n) is 11.4. The molecule has 42 heavy (non-hydrogen) atoms. The molecule has 226 valence electrons. The Labute approximate surface area is 253 Å². The van der Waals surface area contributed by atoms with E-state index in [0.717, 1.165) is 16.8 Å². The smallest absolute Gasteiger partial charge is 0.410 e. The normalized spacial score (nSPS) is 19.3. The number of benzene rings is 2. The van der Waals surface area contributed by atoms with Crippen molar-refractivity contribution < 1.29 is 22.7 Å². The maximum Gasteiger partial charge on any atom is 0.410 e. The van der Waals surface area contributed by atoms with Crippen molar-refractivity contribution in [3.63, 3.8) is 0 Å². The number of sulfonamides is 1. The molecule has 3 heterocycles. The Balaban J connectivity index is 0.000000194. The number of rotatable bonds is 6. The Hall–Kier alpha value is -3.21. The molecule has 3 aromatic rings. The number of piperidine rings is 1. The van der Waals surface area contributed by atoms with Gasteiger partial charge in [0.05, 0.1) is 11.1 Å². The van der Waals surface area contributed by atoms with Crippen molar-refractivity contribution in [1.29, 1.82) is 0 Å². The minimum atomic E-state index is -3.56. The van der Waals surface area contributed by atoms with Crippen LogP contribution in [0.3, 0.4) is 0 Å². The van der Waals surface area contributed by atoms with Crippen molar-refractivity contribution >= 4 is 33.5 Å². The lowest BCUT2D eigenvalue weighted by Gasteiger charge is -2.36. The number of Topliss-reactive ketones (excluding diaryl/α,β-unsaturated/α-hetero) is 1. The van der Waals surface area contributed by atoms with Crippen LogP contribution in [0.1, 0.15) is 57.4 Å². The quantitative estimate of drug-likeness (QED) is 0.373. The zero-order chi connectivity index (χ0) is 30.4. The standard InChI is InChI=1S/C16H21NO3.C15H18ClN3O2S/c1-12(2)15-10-14(18)8-9-17(15)16(19)20-11-13-6-4-3-5-7-13;1-10(2)15-7-14-11(8-17-18-14)9-19(15)22(20,21)13-5-3-12(16)4-6-13/h3-7,12,15H,8-11H2,1-2H3;3-6,8,10,15H,7,9H2,1-2H3,(H,17,18). The van der Waals surface area contributed by atoms with Crippen LogP contribution in [-0.2, 0) is 39.1 Å². The number of carbonyl (C=O) groups excluding carboxylic acids is 2. The van der Waals surface area contributed by atoms with Crippen molar-refractivity contribution in [3.05, 3.63) is 82.6 Å². The molecule has 0 aliphatic carbocycles. The third-order valence-electron chi connectivity index (χ3n) is 7.78. The number of nitrogens with zero attached hydrogens (tertiary/aromatic N) is 3. The third-order valence-corrected chi connectivity index (χ3v) is 9.92. The molecule has 0 saturated carbocycles. The van der Waals surface area contributed by atoms with E-state index < -0.39 is 10.0 Å². The number of halogens is 1. The molecule has 2 aliphatic rings. The zero-order valence-electron chi connectivity index (χ0n) is 24.5. The van der Waals surface area contributed by atoms with Gasteiger partial charge < -0.3 is 9.64 Å². The predicted molar refractivity (Wildman–Crippen MR) is 161 cm³/mol. The lowest BCUT2D eigenvalue weighted by atomic mass is 9.92. The number of ketones is 1. The molecule has 2 aromatic carbocycles. The van der Waals surface area contributed by atoms with Gasteiger partial charge in [0.15, 0.2) is 0 Å². The van der Waals surface area contributed by atoms with E-state index in [0.29, 0.717) is 37.4 Å². The molecule has 2 atom stereocenters. The molecule has 1 N–H and O–H groups in total. The van der Waals surface area contributed by atoms with Gasteiger partial charge in [-0.25, -0.2) is 13.2 Å². The summed E-state index contributed by atoms with van der Waals surface area (Å²) in [5.74, 6) is 0.692. The number of ether oxygens (including phenoxy) is 1. The van der Waals surface area contributed by atoms with Gasteiger partial charge >= 0.3 is 6.09 Å². The molecule has 2 unspecified atom stereocenters. The Morgan fingerprint density at radius 3 is 2.33 bits per heavy atom. The summed E-state index contributed by atoms with van der Waals surface area (Å²) in [5.41, 5.74) is 2.94. The Morgan fingerprint density at radius 2 is 1.69 bits per heavy atom. The van der Waals surface area contributed by atoms with Crippen LogP contribution in [0, 0.1) is 11.8 Å². The van der Waals surface area contributed by atoms with Gasteiger partial charge in [0.25, 0.3) is 0 Å². The summed E-state index contributed by atoms with van der Waals surface area (Å²) in [6.07, 6.45) is 2.91. The zero-order valence-corrected chi connectivity index (χ0v) is 26.1. The molecule has 1 aromatic heterocycles. The largest absolute Gasteiger partial charge is 0.445 e. The highest BCUT2D eigenvalue weighted by Crippen LogP contribution is 2.31. The SMILES string of the molecule is CC(C)C1CC(=O)CCN1C(=O)OCc1ccccc1.CC(C)C1Cc2[nH]ncc2CN1S(=O)(=O)c1ccc(Cl)cc1. The molecule has 5 rings (SSSR count). The van der Waals surface area contributed by atoms with Gasteiger partial charge in [-0.3, -0.25) is 9.89 Å². The van der Waals surface area contributed by atoms with Crippen LogP contribution in [0.4, 0.5) is 4.79 Å². The fourth-order valence-electron chi connectivity index (χ4n) is 5.30. The number of hydrogen-bond donors (Lipinski definition) is 1. The molecule has 0 bridgehead atoms. The molecule has 1 fully saturated rings. The van der Waals surface area contributed by atoms with Crippen LogP contribution in [0.5, 0.6) is 0 Å². The maximum absolute atomic E-state index is 13.0. The number of carbonyl (C=O) groups is 2. The monoisotopic (exact) mass is 614 g/mol. The van der Waals surface area contributed by atoms with E-state index >= 15 is 0 Å². The molecule has 11 heteroatoms. The number of aromatic nitrogens is 2. The van der Waals surface area contributed by atoms with Crippen LogP contribution < -0.4 is 0 Å². The highest BCUT2D eigenvalue weighted by Gasteiger charge is 2.38. The van der Waals surface area contributed by atoms with E-state index in [-0.39, 0.29) is 47.3 Å². The van der Waals surface area contributed by atoms with Gasteiger partial charge in [-0.1, -0.05) is 69.6 Å². The summed E-state index contributed by atoms with van der Waals surface area (Å²) in [6.45, 7) is 9.22. The number of likely N-dealkylation sites (tertiary alicyclic amines) is 1. The van der Waals surface area contributed by atoms with E-state index in [4.69, 9.17) is 16.3 Å². The lowest BCUT2D eigenvalue weighted by molar-refractivity contribution is -0.123. The first-order chi connectivity index (χ1) is 20.0. The van der Waals surface area contributed by atoms with E-state index in [9.17, 15) is 18.0 Å². The van der Waals surface area contributed by atoms with E-state index in [1.165, 1.54) is 0 Å². The van der Waals surface area contributed by atoms with Gasteiger partial charge in [0.2, 0.25) is 10.0 Å². The number of hydrogen-bond acceptors (Lipinski definition) is 6. The van der Waals surface area contributed by atoms with Crippen molar-refractivity contribution in [2.24, 2.45) is 11.8 Å². The Morgan fingerprint density at radius 1 is 1.02 bits per heavy atom. The van der Waals surface area contributed by atoms with E-state index in [2.05, 4.69) is 10.2 Å². The van der Waals surface area contributed by atoms with Crippen molar-refractivity contribution in [3.8, 4) is 0 Å². The second kappa shape index (κ2) is 13.8. The third kappa shape index (κ3) is 7.59. The first kappa shape index (κ1) is 31.7. The van der Waals surface area contributed by atoms with Crippen LogP contribution >= 0.6 is 11.6 Å². The van der Waals surface area contributed by atoms with E-state index in [1.54, 1.807) is 39.7 Å². The van der Waals surface area contributed by atoms with Gasteiger partial charge in [0, 0.05) is 60.7 Å². The number of H-pyrrole nitrogens is 1. The first-order valence-electron chi connectivity index (χ1n) is 14.2. The molecule has 0 spiro atoms. The number of nitrogens with one attached hydrogen (secondary N) is 1. The average molecular weight is 615 g/mol. The summed E-state index contributed by atoms with van der Waals surface area (Å²) in [7, 11) is -3.56. The maximum atomic E-state index is 13.0. The Bertz CT molecular complexity index is 1460. The number of aromatic amines is 1. The van der Waals surface area contributed by atoms with Crippen LogP contribution in [0.25, 0.3) is 0 Å². The van der Waals surface area contributed by atoms with E-state index in [1.807, 2.05) is 58.0 Å². The fourth-order valence-corrected chi connectivity index (χ4v) is 7.16. The van der Waals surface area contributed by atoms with Gasteiger partial charge in [-0.2, -0.15) is 9.40 Å². The van der Waals surface area contributed by atoms with Gasteiger partial charge in [0.1, 0.15) is 12.4 Å². The van der Waals surface area contributed by atoms with Gasteiger partial charge in [-0.05, 0) is 41.7 Å². The summed E-state index contributed by atoms with van der Waals surface area (Å²) >= 11 is 5.86. The lowest BCUT2D eigenvalue weighted by Crippen LogP contribution is -2.49. The molecule has 1 saturated heterocycles. The summed E-state index contributed by atoms with van der Waals surface area (Å²) in [6, 6.07) is 15.8. The molecule has 2 aliphatic heterocycles. The van der Waals surface area contributed by atoms with Crippen molar-refractivity contribution in [2.75, 3.05) is 6.54 Å². The van der Waals surface area contributed by atoms with Crippen molar-refractivity contribution in [2.45, 2.75) is 77.1 Å². The Kier molecular flexibility index (Phi) is 10.5. The molecular weight excluding hydrogens is 576 g/mol. The number of fused-ring (bicyclic) bond motifs is 1. The topological polar surface area (TPSA) is 113 Å². The van der Waals surface area contributed by atoms with Gasteiger partial charge in [-0.15, -0.1) is 0 Å². The average Bonchev–Trinajstić information content (AvgIpc) is 3.44. The minimum Gasteiger partial charge on any atom is -0.445 e. The predicted octanol–water partition coefficient (Wildman–Crippen LogP) is 5.85. The number of amides is 1. The fraction of sp³-hybridized carbons (Fsp3) is 0.452. The first-order valence-corrected chi connectivity index (χ1v) is 16.1. The molecule has 1 amide bonds. The summed E-state index contributed by atoms with van der Waals surface area (Å²) in [5, 5.41) is 7.53. The molecular formula is C31H39ClN4O5S. The summed E-state index contributed by atoms with van der Waals surface area (Å²) < 4.78 is 32.9. The van der Waals surface area contributed by atoms with Crippen molar-refractivity contribution in [1.82, 2.24) is 19.4 Å². The molecule has 0 radical (unpaired) electrons. The molecule has 9 nitrogen and oxygen atoms in total. The highest BCUT2D eigenvalue weighted by molar-refractivity contribution is 7.89. The highest BCUT2D eigenvalue weighted by atomic mass is 35.5. The van der Waals surface area contributed by atoms with Crippen LogP contribution in [0.15, 0.2) is 65.7 Å². The minimum absolute atomic E-state index is 0.0421.